The van der Waals surface area contributed by atoms with Crippen molar-refractivity contribution in [3.05, 3.63) is 15.0 Å². The number of halogens is 1. The van der Waals surface area contributed by atoms with Crippen molar-refractivity contribution in [1.29, 1.82) is 0 Å². The molecule has 0 aromatic carbocycles. The van der Waals surface area contributed by atoms with Crippen LogP contribution < -0.4 is 0 Å². The maximum atomic E-state index is 4.71. The first kappa shape index (κ1) is 14.0. The van der Waals surface area contributed by atoms with Gasteiger partial charge in [0, 0.05) is 6.54 Å². The Morgan fingerprint density at radius 2 is 1.81 bits per heavy atom. The fraction of sp³-hybridized carbons (Fsp3) is 0.769. The Hall–Kier alpha value is -0.0600. The van der Waals surface area contributed by atoms with E-state index in [0.29, 0.717) is 0 Å². The molecule has 0 unspecified atom stereocenters. The fourth-order valence-corrected chi connectivity index (χ4v) is 3.12. The van der Waals surface area contributed by atoms with Gasteiger partial charge in [-0.3, -0.25) is 4.68 Å². The van der Waals surface area contributed by atoms with Crippen molar-refractivity contribution >= 4 is 22.6 Å². The van der Waals surface area contributed by atoms with E-state index >= 15 is 0 Å². The van der Waals surface area contributed by atoms with Crippen molar-refractivity contribution < 1.29 is 0 Å². The second-order valence-electron chi connectivity index (χ2n) is 4.20. The highest BCUT2D eigenvalue weighted by Crippen LogP contribution is 2.19. The van der Waals surface area contributed by atoms with E-state index in [0.717, 1.165) is 19.4 Å². The molecule has 0 spiro atoms. The third-order valence-electron chi connectivity index (χ3n) is 2.95. The number of rotatable bonds is 7. The minimum absolute atomic E-state index is 1.05. The Bertz CT molecular complexity index is 318. The molecule has 0 bridgehead atoms. The van der Waals surface area contributed by atoms with Crippen LogP contribution in [-0.2, 0) is 19.4 Å². The van der Waals surface area contributed by atoms with Crippen LogP contribution >= 0.6 is 22.6 Å². The molecule has 0 aliphatic heterocycles. The summed E-state index contributed by atoms with van der Waals surface area (Å²) in [5, 5.41) is 4.71. The van der Waals surface area contributed by atoms with Gasteiger partial charge in [-0.1, -0.05) is 40.0 Å². The molecule has 0 amide bonds. The van der Waals surface area contributed by atoms with Crippen LogP contribution in [0.2, 0.25) is 0 Å². The number of hydrogen-bond donors (Lipinski definition) is 0. The topological polar surface area (TPSA) is 17.8 Å². The number of aryl methyl sites for hydroxylation is 2. The van der Waals surface area contributed by atoms with Gasteiger partial charge in [-0.25, -0.2) is 0 Å². The lowest BCUT2D eigenvalue weighted by atomic mass is 10.2. The number of aromatic nitrogens is 2. The highest BCUT2D eigenvalue weighted by atomic mass is 127. The summed E-state index contributed by atoms with van der Waals surface area (Å²) < 4.78 is 3.62. The first-order valence-electron chi connectivity index (χ1n) is 6.48. The summed E-state index contributed by atoms with van der Waals surface area (Å²) in [5.41, 5.74) is 2.70. The van der Waals surface area contributed by atoms with Crippen LogP contribution in [0.25, 0.3) is 0 Å². The van der Waals surface area contributed by atoms with Crippen molar-refractivity contribution in [1.82, 2.24) is 9.78 Å². The Morgan fingerprint density at radius 1 is 1.06 bits per heavy atom. The van der Waals surface area contributed by atoms with E-state index in [9.17, 15) is 0 Å². The number of nitrogens with zero attached hydrogens (tertiary/aromatic N) is 2. The van der Waals surface area contributed by atoms with Gasteiger partial charge in [-0.15, -0.1) is 0 Å². The third kappa shape index (κ3) is 3.47. The molecule has 16 heavy (non-hydrogen) atoms. The van der Waals surface area contributed by atoms with E-state index in [1.165, 1.54) is 40.6 Å². The Morgan fingerprint density at radius 3 is 2.38 bits per heavy atom. The van der Waals surface area contributed by atoms with Gasteiger partial charge in [0.05, 0.1) is 15.0 Å². The van der Waals surface area contributed by atoms with Gasteiger partial charge >= 0.3 is 0 Å². The molecule has 92 valence electrons. The number of hydrogen-bond acceptors (Lipinski definition) is 1. The molecule has 1 heterocycles. The predicted octanol–water partition coefficient (Wildman–Crippen LogP) is 4.19. The van der Waals surface area contributed by atoms with Crippen molar-refractivity contribution in [3.63, 3.8) is 0 Å². The minimum Gasteiger partial charge on any atom is -0.268 e. The molecule has 0 N–H and O–H groups in total. The van der Waals surface area contributed by atoms with Crippen LogP contribution in [0.1, 0.15) is 57.8 Å². The van der Waals surface area contributed by atoms with E-state index in [4.69, 9.17) is 5.10 Å². The van der Waals surface area contributed by atoms with Crippen molar-refractivity contribution in [2.45, 2.75) is 65.8 Å². The van der Waals surface area contributed by atoms with Gasteiger partial charge in [0.15, 0.2) is 0 Å². The normalized spacial score (nSPS) is 11.0. The Kier molecular flexibility index (Phi) is 6.39. The van der Waals surface area contributed by atoms with Crippen molar-refractivity contribution in [2.24, 2.45) is 0 Å². The summed E-state index contributed by atoms with van der Waals surface area (Å²) in [6, 6.07) is 0. The van der Waals surface area contributed by atoms with Gasteiger partial charge in [0.2, 0.25) is 0 Å². The maximum Gasteiger partial charge on any atom is 0.0758 e. The predicted molar refractivity (Wildman–Crippen MR) is 77.8 cm³/mol. The minimum atomic E-state index is 1.05. The highest BCUT2D eigenvalue weighted by molar-refractivity contribution is 14.1. The fourth-order valence-electron chi connectivity index (χ4n) is 1.97. The largest absolute Gasteiger partial charge is 0.268 e. The monoisotopic (exact) mass is 334 g/mol. The zero-order valence-corrected chi connectivity index (χ0v) is 12.9. The van der Waals surface area contributed by atoms with Crippen LogP contribution in [0.4, 0.5) is 0 Å². The second kappa shape index (κ2) is 7.30. The molecule has 1 aromatic rings. The second-order valence-corrected chi connectivity index (χ2v) is 5.28. The summed E-state index contributed by atoms with van der Waals surface area (Å²) in [7, 11) is 0. The van der Waals surface area contributed by atoms with Gasteiger partial charge in [0.25, 0.3) is 0 Å². The Labute approximate surface area is 113 Å². The molecular formula is C13H23IN2. The summed E-state index contributed by atoms with van der Waals surface area (Å²) >= 11 is 2.45. The van der Waals surface area contributed by atoms with E-state index in [2.05, 4.69) is 48.0 Å². The molecule has 0 saturated heterocycles. The smallest absolute Gasteiger partial charge is 0.0758 e. The van der Waals surface area contributed by atoms with E-state index in [-0.39, 0.29) is 0 Å². The molecule has 0 aliphatic rings. The van der Waals surface area contributed by atoms with Crippen molar-refractivity contribution in [2.75, 3.05) is 0 Å². The van der Waals surface area contributed by atoms with Gasteiger partial charge in [0.1, 0.15) is 0 Å². The lowest BCUT2D eigenvalue weighted by molar-refractivity contribution is 0.522. The zero-order chi connectivity index (χ0) is 12.0. The zero-order valence-electron chi connectivity index (χ0n) is 10.7. The molecular weight excluding hydrogens is 311 g/mol. The van der Waals surface area contributed by atoms with Crippen molar-refractivity contribution in [3.8, 4) is 0 Å². The van der Waals surface area contributed by atoms with E-state index in [1.807, 2.05) is 0 Å². The van der Waals surface area contributed by atoms with E-state index < -0.39 is 0 Å². The third-order valence-corrected chi connectivity index (χ3v) is 4.20. The molecule has 3 heteroatoms. The molecule has 0 radical (unpaired) electrons. The van der Waals surface area contributed by atoms with Gasteiger partial charge < -0.3 is 0 Å². The average molecular weight is 334 g/mol. The highest BCUT2D eigenvalue weighted by Gasteiger charge is 2.12. The quantitative estimate of drug-likeness (QED) is 0.540. The SMILES string of the molecule is CCCCCCn1nc(CC)c(I)c1CC. The first-order valence-corrected chi connectivity index (χ1v) is 7.56. The van der Waals surface area contributed by atoms with Gasteiger partial charge in [-0.05, 0) is 41.9 Å². The summed E-state index contributed by atoms with van der Waals surface area (Å²) in [5.74, 6) is 0. The molecule has 0 atom stereocenters. The summed E-state index contributed by atoms with van der Waals surface area (Å²) in [6.07, 6.45) is 7.39. The van der Waals surface area contributed by atoms with Crippen LogP contribution in [0.15, 0.2) is 0 Å². The Balaban J connectivity index is 2.64. The molecule has 0 saturated carbocycles. The molecule has 1 aromatic heterocycles. The van der Waals surface area contributed by atoms with Crippen LogP contribution in [-0.4, -0.2) is 9.78 Å². The van der Waals surface area contributed by atoms with Gasteiger partial charge in [-0.2, -0.15) is 5.10 Å². The summed E-state index contributed by atoms with van der Waals surface area (Å²) in [6.45, 7) is 7.76. The van der Waals surface area contributed by atoms with Crippen LogP contribution in [0.3, 0.4) is 0 Å². The van der Waals surface area contributed by atoms with Crippen LogP contribution in [0.5, 0.6) is 0 Å². The standard InChI is InChI=1S/C13H23IN2/c1-4-7-8-9-10-16-12(6-3)13(14)11(5-2)15-16/h4-10H2,1-3H3. The molecule has 1 rings (SSSR count). The van der Waals surface area contributed by atoms with Crippen LogP contribution in [0, 0.1) is 3.57 Å². The number of unbranched alkanes of at least 4 members (excludes halogenated alkanes) is 3. The first-order chi connectivity index (χ1) is 7.74. The maximum absolute atomic E-state index is 4.71. The lowest BCUT2D eigenvalue weighted by Gasteiger charge is -2.05. The lowest BCUT2D eigenvalue weighted by Crippen LogP contribution is -2.05. The molecule has 0 fully saturated rings. The molecule has 2 nitrogen and oxygen atoms in total. The average Bonchev–Trinajstić information content (AvgIpc) is 2.60. The molecule has 0 aliphatic carbocycles. The van der Waals surface area contributed by atoms with E-state index in [1.54, 1.807) is 0 Å². The summed E-state index contributed by atoms with van der Waals surface area (Å²) in [4.78, 5) is 0.